The summed E-state index contributed by atoms with van der Waals surface area (Å²) in [4.78, 5) is 10.9. The SMILES string of the molecule is CC(C)Oc1cc(COc2ccc(Cl)cc2Cl)cc(COc2nn(C)cc2CCC(=O)O)c1. The zero-order valence-electron chi connectivity index (χ0n) is 18.7. The summed E-state index contributed by atoms with van der Waals surface area (Å²) in [6.45, 7) is 4.42. The molecular weight excluding hydrogens is 467 g/mol. The molecule has 1 heterocycles. The number of aryl methyl sites for hydroxylation is 2. The lowest BCUT2D eigenvalue weighted by molar-refractivity contribution is -0.136. The highest BCUT2D eigenvalue weighted by atomic mass is 35.5. The first kappa shape index (κ1) is 24.7. The minimum absolute atomic E-state index is 0.000872. The molecule has 0 fully saturated rings. The number of hydrogen-bond donors (Lipinski definition) is 1. The maximum atomic E-state index is 10.9. The summed E-state index contributed by atoms with van der Waals surface area (Å²) < 4.78 is 19.3. The lowest BCUT2D eigenvalue weighted by Crippen LogP contribution is -2.08. The maximum absolute atomic E-state index is 10.9. The van der Waals surface area contributed by atoms with Crippen molar-refractivity contribution in [2.45, 2.75) is 46.0 Å². The summed E-state index contributed by atoms with van der Waals surface area (Å²) in [7, 11) is 1.77. The third-order valence-corrected chi connectivity index (χ3v) is 5.07. The molecule has 0 radical (unpaired) electrons. The fraction of sp³-hybridized carbons (Fsp3) is 0.333. The predicted octanol–water partition coefficient (Wildman–Crippen LogP) is 5.69. The Hall–Kier alpha value is -2.90. The molecule has 33 heavy (non-hydrogen) atoms. The van der Waals surface area contributed by atoms with Gasteiger partial charge in [-0.3, -0.25) is 9.48 Å². The smallest absolute Gasteiger partial charge is 0.303 e. The van der Waals surface area contributed by atoms with Crippen LogP contribution in [0.25, 0.3) is 0 Å². The average Bonchev–Trinajstić information content (AvgIpc) is 3.09. The fourth-order valence-corrected chi connectivity index (χ4v) is 3.66. The first-order chi connectivity index (χ1) is 15.7. The molecule has 0 aliphatic heterocycles. The minimum atomic E-state index is -0.867. The summed E-state index contributed by atoms with van der Waals surface area (Å²) >= 11 is 12.2. The van der Waals surface area contributed by atoms with Crippen LogP contribution in [0.3, 0.4) is 0 Å². The van der Waals surface area contributed by atoms with Crippen molar-refractivity contribution in [3.63, 3.8) is 0 Å². The zero-order valence-corrected chi connectivity index (χ0v) is 20.2. The Kier molecular flexibility index (Phi) is 8.47. The van der Waals surface area contributed by atoms with Crippen molar-refractivity contribution >= 4 is 29.2 Å². The van der Waals surface area contributed by atoms with E-state index in [1.807, 2.05) is 32.0 Å². The van der Waals surface area contributed by atoms with E-state index < -0.39 is 5.97 Å². The van der Waals surface area contributed by atoms with Gasteiger partial charge in [0.25, 0.3) is 0 Å². The molecule has 2 aromatic carbocycles. The molecule has 1 aromatic heterocycles. The number of carboxylic acid groups (broad SMARTS) is 1. The molecule has 0 bridgehead atoms. The molecule has 0 spiro atoms. The second-order valence-corrected chi connectivity index (χ2v) is 8.67. The van der Waals surface area contributed by atoms with E-state index in [0.29, 0.717) is 33.8 Å². The minimum Gasteiger partial charge on any atom is -0.491 e. The normalized spacial score (nSPS) is 11.0. The van der Waals surface area contributed by atoms with Gasteiger partial charge in [-0.2, -0.15) is 0 Å². The van der Waals surface area contributed by atoms with E-state index >= 15 is 0 Å². The van der Waals surface area contributed by atoms with Gasteiger partial charge in [-0.05, 0) is 67.8 Å². The summed E-state index contributed by atoms with van der Waals surface area (Å²) in [5.41, 5.74) is 2.49. The monoisotopic (exact) mass is 492 g/mol. The van der Waals surface area contributed by atoms with E-state index in [0.717, 1.165) is 16.7 Å². The summed E-state index contributed by atoms with van der Waals surface area (Å²) in [5.74, 6) is 0.776. The van der Waals surface area contributed by atoms with Gasteiger partial charge >= 0.3 is 5.97 Å². The van der Waals surface area contributed by atoms with Crippen molar-refractivity contribution in [1.82, 2.24) is 9.78 Å². The molecule has 3 aromatic rings. The number of benzene rings is 2. The number of carboxylic acids is 1. The fourth-order valence-electron chi connectivity index (χ4n) is 3.19. The van der Waals surface area contributed by atoms with Crippen molar-refractivity contribution in [2.75, 3.05) is 0 Å². The molecule has 0 saturated heterocycles. The molecule has 7 nitrogen and oxygen atoms in total. The third kappa shape index (κ3) is 7.58. The van der Waals surface area contributed by atoms with E-state index in [9.17, 15) is 4.79 Å². The zero-order chi connectivity index (χ0) is 24.0. The van der Waals surface area contributed by atoms with Crippen LogP contribution in [0.1, 0.15) is 37.0 Å². The quantitative estimate of drug-likeness (QED) is 0.370. The highest BCUT2D eigenvalue weighted by Crippen LogP contribution is 2.29. The molecule has 0 atom stereocenters. The Morgan fingerprint density at radius 2 is 1.79 bits per heavy atom. The van der Waals surface area contributed by atoms with Crippen molar-refractivity contribution in [1.29, 1.82) is 0 Å². The molecule has 1 N–H and O–H groups in total. The van der Waals surface area contributed by atoms with Crippen LogP contribution in [-0.2, 0) is 31.5 Å². The van der Waals surface area contributed by atoms with E-state index in [1.54, 1.807) is 36.1 Å². The molecule has 3 rings (SSSR count). The van der Waals surface area contributed by atoms with E-state index in [2.05, 4.69) is 5.10 Å². The molecular formula is C24H26Cl2N2O5. The van der Waals surface area contributed by atoms with Gasteiger partial charge in [0.15, 0.2) is 0 Å². The number of nitrogens with zero attached hydrogens (tertiary/aromatic N) is 2. The van der Waals surface area contributed by atoms with Crippen LogP contribution in [0, 0.1) is 0 Å². The van der Waals surface area contributed by atoms with E-state index in [-0.39, 0.29) is 25.7 Å². The van der Waals surface area contributed by atoms with Crippen LogP contribution in [0.15, 0.2) is 42.6 Å². The van der Waals surface area contributed by atoms with Crippen LogP contribution in [0.4, 0.5) is 0 Å². The number of rotatable bonds is 11. The van der Waals surface area contributed by atoms with E-state index in [1.165, 1.54) is 0 Å². The summed E-state index contributed by atoms with van der Waals surface area (Å²) in [6.07, 6.45) is 2.12. The number of halogens is 2. The summed E-state index contributed by atoms with van der Waals surface area (Å²) in [6, 6.07) is 10.8. The maximum Gasteiger partial charge on any atom is 0.303 e. The molecule has 0 amide bonds. The average molecular weight is 493 g/mol. The molecule has 176 valence electrons. The van der Waals surface area contributed by atoms with Gasteiger partial charge in [0, 0.05) is 30.3 Å². The van der Waals surface area contributed by atoms with Crippen LogP contribution in [-0.4, -0.2) is 27.0 Å². The Morgan fingerprint density at radius 1 is 1.09 bits per heavy atom. The van der Waals surface area contributed by atoms with Crippen molar-refractivity contribution in [3.05, 3.63) is 69.3 Å². The first-order valence-corrected chi connectivity index (χ1v) is 11.2. The van der Waals surface area contributed by atoms with Gasteiger partial charge in [-0.1, -0.05) is 23.2 Å². The number of aliphatic carboxylic acids is 1. The van der Waals surface area contributed by atoms with Gasteiger partial charge < -0.3 is 19.3 Å². The standard InChI is InChI=1S/C24H26Cl2N2O5/c1-15(2)33-20-9-16(13-31-22-6-5-19(25)11-21(22)26)8-17(10-20)14-32-24-18(4-7-23(29)30)12-28(3)27-24/h5-6,8-12,15H,4,7,13-14H2,1-3H3,(H,29,30). The van der Waals surface area contributed by atoms with Gasteiger partial charge in [0.1, 0.15) is 24.7 Å². The Balaban J connectivity index is 1.75. The molecule has 0 saturated carbocycles. The van der Waals surface area contributed by atoms with Gasteiger partial charge in [0.05, 0.1) is 11.1 Å². The molecule has 0 unspecified atom stereocenters. The van der Waals surface area contributed by atoms with Crippen LogP contribution in [0.5, 0.6) is 17.4 Å². The van der Waals surface area contributed by atoms with Crippen LogP contribution in [0.2, 0.25) is 10.0 Å². The predicted molar refractivity (Wildman–Crippen MR) is 126 cm³/mol. The van der Waals surface area contributed by atoms with Crippen molar-refractivity contribution < 1.29 is 24.1 Å². The molecule has 9 heteroatoms. The summed E-state index contributed by atoms with van der Waals surface area (Å²) in [5, 5.41) is 14.3. The van der Waals surface area contributed by atoms with Crippen molar-refractivity contribution in [2.24, 2.45) is 7.05 Å². The Bertz CT molecular complexity index is 1110. The second kappa shape index (κ2) is 11.3. The largest absolute Gasteiger partial charge is 0.491 e. The highest BCUT2D eigenvalue weighted by Gasteiger charge is 2.13. The number of carbonyl (C=O) groups is 1. The second-order valence-electron chi connectivity index (χ2n) is 7.83. The van der Waals surface area contributed by atoms with Crippen LogP contribution < -0.4 is 14.2 Å². The highest BCUT2D eigenvalue weighted by molar-refractivity contribution is 6.35. The van der Waals surface area contributed by atoms with E-state index in [4.69, 9.17) is 42.5 Å². The molecule has 0 aliphatic carbocycles. The number of aromatic nitrogens is 2. The number of hydrogen-bond acceptors (Lipinski definition) is 5. The third-order valence-electron chi connectivity index (χ3n) is 4.54. The van der Waals surface area contributed by atoms with Gasteiger partial charge in [0.2, 0.25) is 5.88 Å². The topological polar surface area (TPSA) is 82.8 Å². The molecule has 0 aliphatic rings. The Labute approximate surface area is 202 Å². The lowest BCUT2D eigenvalue weighted by Gasteiger charge is -2.15. The van der Waals surface area contributed by atoms with Gasteiger partial charge in [-0.15, -0.1) is 5.10 Å². The van der Waals surface area contributed by atoms with Crippen molar-refractivity contribution in [3.8, 4) is 17.4 Å². The first-order valence-electron chi connectivity index (χ1n) is 10.4. The Morgan fingerprint density at radius 3 is 2.42 bits per heavy atom. The van der Waals surface area contributed by atoms with Gasteiger partial charge in [-0.25, -0.2) is 0 Å². The lowest BCUT2D eigenvalue weighted by atomic mass is 10.1. The number of ether oxygens (including phenoxy) is 3. The van der Waals surface area contributed by atoms with Crippen LogP contribution >= 0.6 is 23.2 Å².